The third-order valence-electron chi connectivity index (χ3n) is 1.57. The van der Waals surface area contributed by atoms with Gasteiger partial charge >= 0.3 is 44.2 Å². The Kier molecular flexibility index (Phi) is 4.59. The molecule has 0 bridgehead atoms. The minimum atomic E-state index is -10.7. The predicted octanol–water partition coefficient (Wildman–Crippen LogP) is 5.85. The Balaban J connectivity index is 0.000000534. The fourth-order valence-electron chi connectivity index (χ4n) is 0.826. The summed E-state index contributed by atoms with van der Waals surface area (Å²) in [6, 6.07) is 3.35. The van der Waals surface area contributed by atoms with Gasteiger partial charge in [-0.2, -0.15) is 13.2 Å². The van der Waals surface area contributed by atoms with Gasteiger partial charge in [-0.15, -0.1) is 0 Å². The molecule has 0 amide bonds. The summed E-state index contributed by atoms with van der Waals surface area (Å²) in [5.41, 5.74) is -5.36. The molecule has 0 unspecified atom stereocenters. The van der Waals surface area contributed by atoms with Gasteiger partial charge in [0.15, 0.2) is 4.98 Å². The first-order valence-electron chi connectivity index (χ1n) is 4.57. The quantitative estimate of drug-likeness (QED) is 0.348. The molecule has 0 aliphatic rings. The molecule has 1 aromatic carbocycles. The van der Waals surface area contributed by atoms with Gasteiger partial charge in [-0.05, 0) is 12.1 Å². The molecule has 0 aromatic heterocycles. The van der Waals surface area contributed by atoms with Gasteiger partial charge in [0.1, 0.15) is 0 Å². The second-order valence-corrected chi connectivity index (χ2v) is 7.36. The number of halogens is 9. The van der Waals surface area contributed by atoms with E-state index in [0.717, 1.165) is 24.3 Å². The largest absolute Gasteiger partial charge is 0.501 e. The van der Waals surface area contributed by atoms with Crippen molar-refractivity contribution in [3.63, 3.8) is 0 Å². The molecular formula is C7H4F9N2O2PS. The summed E-state index contributed by atoms with van der Waals surface area (Å²) in [6.45, 7) is 0. The van der Waals surface area contributed by atoms with Crippen LogP contribution in [0.2, 0.25) is 0 Å². The summed E-state index contributed by atoms with van der Waals surface area (Å²) < 4.78 is 117. The molecule has 15 heteroatoms. The second-order valence-electron chi connectivity index (χ2n) is 3.50. The maximum absolute atomic E-state index is 12.0. The van der Waals surface area contributed by atoms with Gasteiger partial charge in [0, 0.05) is 12.1 Å². The molecule has 0 saturated heterocycles. The Labute approximate surface area is 116 Å². The summed E-state index contributed by atoms with van der Waals surface area (Å²) in [6.07, 6.45) is 0. The molecule has 0 radical (unpaired) electrons. The van der Waals surface area contributed by atoms with Crippen LogP contribution in [0.25, 0.3) is 4.98 Å². The average Bonchev–Trinajstić information content (AvgIpc) is 2.23. The van der Waals surface area contributed by atoms with E-state index in [0.29, 0.717) is 0 Å². The van der Waals surface area contributed by atoms with Crippen molar-refractivity contribution in [1.82, 2.24) is 0 Å². The van der Waals surface area contributed by atoms with Gasteiger partial charge in [-0.1, -0.05) is 0 Å². The summed E-state index contributed by atoms with van der Waals surface area (Å²) >= 11 is 0. The van der Waals surface area contributed by atoms with Gasteiger partial charge < -0.3 is 0 Å². The number of hydrogen-bond donors (Lipinski definition) is 0. The van der Waals surface area contributed by atoms with E-state index in [1.165, 1.54) is 0 Å². The van der Waals surface area contributed by atoms with Crippen LogP contribution >= 0.6 is 7.81 Å². The van der Waals surface area contributed by atoms with E-state index in [-0.39, 0.29) is 5.69 Å². The van der Waals surface area contributed by atoms with Gasteiger partial charge in [-0.25, -0.2) is 8.42 Å². The van der Waals surface area contributed by atoms with E-state index < -0.39 is 28.0 Å². The number of rotatable bonds is 1. The van der Waals surface area contributed by atoms with Crippen molar-refractivity contribution < 1.29 is 46.8 Å². The van der Waals surface area contributed by atoms with E-state index in [1.54, 1.807) is 0 Å². The van der Waals surface area contributed by atoms with Gasteiger partial charge in [0.2, 0.25) is 5.39 Å². The standard InChI is InChI=1S/C7H4F3N2O2S.F6P/c8-7(9,10)15(13,14)6-3-1-5(12-11)2-4-6;1-7(2,3,4,5)6/h1-4H;/q+1;-1. The number of sulfone groups is 1. The fourth-order valence-corrected chi connectivity index (χ4v) is 1.59. The van der Waals surface area contributed by atoms with E-state index in [1.807, 2.05) is 0 Å². The van der Waals surface area contributed by atoms with Gasteiger partial charge in [-0.3, -0.25) is 0 Å². The first-order chi connectivity index (χ1) is 9.24. The van der Waals surface area contributed by atoms with Crippen LogP contribution in [0.3, 0.4) is 0 Å². The van der Waals surface area contributed by atoms with Crippen LogP contribution in [0, 0.1) is 5.39 Å². The van der Waals surface area contributed by atoms with Crippen molar-refractivity contribution >= 4 is 23.3 Å². The van der Waals surface area contributed by atoms with Crippen molar-refractivity contribution in [3.8, 4) is 0 Å². The zero-order valence-electron chi connectivity index (χ0n) is 9.78. The van der Waals surface area contributed by atoms with Crippen molar-refractivity contribution in [2.75, 3.05) is 0 Å². The average molecular weight is 382 g/mol. The normalized spacial score (nSPS) is 15.6. The molecule has 1 rings (SSSR count). The Morgan fingerprint density at radius 3 is 1.45 bits per heavy atom. The third-order valence-corrected chi connectivity index (χ3v) is 3.07. The smallest absolute Gasteiger partial charge is 0.214 e. The monoisotopic (exact) mass is 382 g/mol. The number of alkyl halides is 3. The Morgan fingerprint density at radius 2 is 1.23 bits per heavy atom. The van der Waals surface area contributed by atoms with E-state index in [2.05, 4.69) is 4.98 Å². The molecule has 0 aliphatic heterocycles. The first-order valence-corrected chi connectivity index (χ1v) is 8.08. The van der Waals surface area contributed by atoms with Crippen LogP contribution in [0.4, 0.5) is 44.0 Å². The molecular weight excluding hydrogens is 378 g/mol. The first kappa shape index (κ1) is 20.4. The molecule has 0 spiro atoms. The second kappa shape index (κ2) is 4.95. The van der Waals surface area contributed by atoms with Crippen LogP contribution in [0.15, 0.2) is 29.2 Å². The molecule has 0 N–H and O–H groups in total. The number of nitrogens with zero attached hydrogens (tertiary/aromatic N) is 2. The van der Waals surface area contributed by atoms with E-state index in [9.17, 15) is 46.8 Å². The van der Waals surface area contributed by atoms with E-state index in [4.69, 9.17) is 5.39 Å². The maximum Gasteiger partial charge on any atom is 0.501 e. The Hall–Kier alpha value is -1.61. The summed E-state index contributed by atoms with van der Waals surface area (Å²) in [7, 11) is -16.0. The van der Waals surface area contributed by atoms with E-state index >= 15 is 0 Å². The van der Waals surface area contributed by atoms with Crippen LogP contribution < -0.4 is 0 Å². The van der Waals surface area contributed by atoms with Crippen LogP contribution in [-0.2, 0) is 9.84 Å². The number of benzene rings is 1. The van der Waals surface area contributed by atoms with Gasteiger partial charge in [0.25, 0.3) is 9.84 Å². The van der Waals surface area contributed by atoms with Crippen LogP contribution in [0.5, 0.6) is 0 Å². The zero-order chi connectivity index (χ0) is 18.1. The summed E-state index contributed by atoms with van der Waals surface area (Å²) in [5.74, 6) is 0. The molecule has 0 saturated carbocycles. The molecule has 0 heterocycles. The molecule has 0 fully saturated rings. The summed E-state index contributed by atoms with van der Waals surface area (Å²) in [4.78, 5) is 1.79. The minimum absolute atomic E-state index is 0.0314. The minimum Gasteiger partial charge on any atom is -0.214 e. The van der Waals surface area contributed by atoms with Crippen molar-refractivity contribution in [2.24, 2.45) is 0 Å². The molecule has 22 heavy (non-hydrogen) atoms. The molecule has 0 atom stereocenters. The molecule has 128 valence electrons. The predicted molar refractivity (Wildman–Crippen MR) is 58.0 cm³/mol. The van der Waals surface area contributed by atoms with Crippen LogP contribution in [-0.4, -0.2) is 13.9 Å². The molecule has 0 aliphatic carbocycles. The third kappa shape index (κ3) is 8.63. The van der Waals surface area contributed by atoms with Crippen LogP contribution in [0.1, 0.15) is 0 Å². The van der Waals surface area contributed by atoms with Gasteiger partial charge in [0.05, 0.1) is 4.90 Å². The molecule has 1 aromatic rings. The van der Waals surface area contributed by atoms with Crippen molar-refractivity contribution in [1.29, 1.82) is 5.39 Å². The number of diazo groups is 1. The topological polar surface area (TPSA) is 62.3 Å². The number of hydrogen-bond acceptors (Lipinski definition) is 3. The van der Waals surface area contributed by atoms with Crippen molar-refractivity contribution in [2.45, 2.75) is 10.4 Å². The maximum atomic E-state index is 12.0. The zero-order valence-corrected chi connectivity index (χ0v) is 11.5. The summed E-state index contributed by atoms with van der Waals surface area (Å²) in [5, 5.41) is 8.24. The Bertz CT molecular complexity index is 673. The fraction of sp³-hybridized carbons (Fsp3) is 0.143. The SMILES string of the molecule is F[P-](F)(F)(F)(F)F.N#[N+]c1ccc(S(=O)(=O)C(F)(F)F)cc1. The molecule has 4 nitrogen and oxygen atoms in total. The Morgan fingerprint density at radius 1 is 0.909 bits per heavy atom. The van der Waals surface area contributed by atoms with Crippen molar-refractivity contribution in [3.05, 3.63) is 29.2 Å².